The van der Waals surface area contributed by atoms with Crippen LogP contribution in [0.25, 0.3) is 11.0 Å². The number of rotatable bonds is 2. The van der Waals surface area contributed by atoms with Crippen molar-refractivity contribution < 1.29 is 14.0 Å². The molecule has 1 unspecified atom stereocenters. The molecule has 4 nitrogen and oxygen atoms in total. The lowest BCUT2D eigenvalue weighted by Gasteiger charge is -2.23. The van der Waals surface area contributed by atoms with Crippen molar-refractivity contribution >= 4 is 22.6 Å². The van der Waals surface area contributed by atoms with Crippen molar-refractivity contribution in [1.29, 1.82) is 0 Å². The van der Waals surface area contributed by atoms with Gasteiger partial charge in [-0.2, -0.15) is 0 Å². The Bertz CT molecular complexity index is 519. The Kier molecular flexibility index (Phi) is 2.91. The van der Waals surface area contributed by atoms with Crippen molar-refractivity contribution in [2.75, 3.05) is 6.61 Å². The molecule has 2 heterocycles. The molecule has 0 radical (unpaired) electrons. The van der Waals surface area contributed by atoms with Gasteiger partial charge in [0.15, 0.2) is 11.9 Å². The number of fused-ring (bicyclic) bond motifs is 1. The number of hydrogen-bond acceptors (Lipinski definition) is 4. The number of aromatic nitrogens is 1. The predicted molar refractivity (Wildman–Crippen MR) is 63.2 cm³/mol. The summed E-state index contributed by atoms with van der Waals surface area (Å²) in [6, 6.07) is 3.54. The SMILES string of the molecule is Clc1cc2oncc2cc1OC1CCCCO1. The topological polar surface area (TPSA) is 44.5 Å². The minimum Gasteiger partial charge on any atom is -0.463 e. The van der Waals surface area contributed by atoms with Gasteiger partial charge in [-0.05, 0) is 18.9 Å². The molecule has 1 aromatic heterocycles. The summed E-state index contributed by atoms with van der Waals surface area (Å²) in [6.07, 6.45) is 4.56. The van der Waals surface area contributed by atoms with Crippen LogP contribution >= 0.6 is 11.6 Å². The average molecular weight is 254 g/mol. The van der Waals surface area contributed by atoms with Crippen LogP contribution in [0.15, 0.2) is 22.9 Å². The summed E-state index contributed by atoms with van der Waals surface area (Å²) < 4.78 is 16.3. The number of hydrogen-bond donors (Lipinski definition) is 0. The number of ether oxygens (including phenoxy) is 2. The van der Waals surface area contributed by atoms with Crippen molar-refractivity contribution in [3.8, 4) is 5.75 Å². The Morgan fingerprint density at radius 3 is 3.12 bits per heavy atom. The summed E-state index contributed by atoms with van der Waals surface area (Å²) in [5.41, 5.74) is 0.659. The van der Waals surface area contributed by atoms with Gasteiger partial charge in [-0.15, -0.1) is 0 Å². The van der Waals surface area contributed by atoms with Crippen LogP contribution in [0.2, 0.25) is 5.02 Å². The van der Waals surface area contributed by atoms with Crippen LogP contribution in [-0.2, 0) is 4.74 Å². The van der Waals surface area contributed by atoms with Crippen LogP contribution < -0.4 is 4.74 Å². The van der Waals surface area contributed by atoms with E-state index in [1.165, 1.54) is 0 Å². The van der Waals surface area contributed by atoms with Gasteiger partial charge in [0.25, 0.3) is 0 Å². The maximum atomic E-state index is 6.11. The molecule has 1 aromatic carbocycles. The highest BCUT2D eigenvalue weighted by atomic mass is 35.5. The van der Waals surface area contributed by atoms with Crippen LogP contribution in [0.5, 0.6) is 5.75 Å². The minimum atomic E-state index is -0.196. The molecule has 5 heteroatoms. The molecular formula is C12H12ClNO3. The molecule has 90 valence electrons. The van der Waals surface area contributed by atoms with Crippen LogP contribution in [-0.4, -0.2) is 18.1 Å². The standard InChI is InChI=1S/C12H12ClNO3/c13-9-6-10-8(7-14-17-10)5-11(9)16-12-3-1-2-4-15-12/h5-7,12H,1-4H2. The molecule has 1 atom stereocenters. The maximum Gasteiger partial charge on any atom is 0.199 e. The molecule has 1 aliphatic rings. The Labute approximate surface area is 103 Å². The number of benzene rings is 1. The summed E-state index contributed by atoms with van der Waals surface area (Å²) in [4.78, 5) is 0. The van der Waals surface area contributed by atoms with Crippen molar-refractivity contribution in [2.24, 2.45) is 0 Å². The maximum absolute atomic E-state index is 6.11. The van der Waals surface area contributed by atoms with E-state index in [2.05, 4.69) is 5.16 Å². The minimum absolute atomic E-state index is 0.196. The van der Waals surface area contributed by atoms with Crippen molar-refractivity contribution in [3.05, 3.63) is 23.4 Å². The molecule has 0 bridgehead atoms. The Morgan fingerprint density at radius 1 is 1.35 bits per heavy atom. The van der Waals surface area contributed by atoms with E-state index in [9.17, 15) is 0 Å². The molecule has 1 saturated heterocycles. The van der Waals surface area contributed by atoms with E-state index in [1.807, 2.05) is 6.07 Å². The Hall–Kier alpha value is -1.26. The Balaban J connectivity index is 1.85. The lowest BCUT2D eigenvalue weighted by atomic mass is 10.2. The molecule has 0 amide bonds. The highest BCUT2D eigenvalue weighted by molar-refractivity contribution is 6.32. The van der Waals surface area contributed by atoms with Gasteiger partial charge in [-0.1, -0.05) is 16.8 Å². The van der Waals surface area contributed by atoms with E-state index in [0.717, 1.165) is 31.3 Å². The second kappa shape index (κ2) is 4.55. The van der Waals surface area contributed by atoms with Gasteiger partial charge >= 0.3 is 0 Å². The number of nitrogens with zero attached hydrogens (tertiary/aromatic N) is 1. The van der Waals surface area contributed by atoms with Crippen molar-refractivity contribution in [2.45, 2.75) is 25.6 Å². The molecular weight excluding hydrogens is 242 g/mol. The predicted octanol–water partition coefficient (Wildman–Crippen LogP) is 3.39. The lowest BCUT2D eigenvalue weighted by molar-refractivity contribution is -0.105. The third kappa shape index (κ3) is 2.23. The van der Waals surface area contributed by atoms with E-state index in [-0.39, 0.29) is 6.29 Å². The van der Waals surface area contributed by atoms with Gasteiger partial charge in [-0.25, -0.2) is 0 Å². The summed E-state index contributed by atoms with van der Waals surface area (Å²) in [7, 11) is 0. The normalized spacial score (nSPS) is 20.6. The largest absolute Gasteiger partial charge is 0.463 e. The van der Waals surface area contributed by atoms with Gasteiger partial charge in [-0.3, -0.25) is 0 Å². The van der Waals surface area contributed by atoms with Crippen LogP contribution in [0, 0.1) is 0 Å². The van der Waals surface area contributed by atoms with Gasteiger partial charge < -0.3 is 14.0 Å². The zero-order valence-electron chi connectivity index (χ0n) is 9.19. The third-order valence-corrected chi connectivity index (χ3v) is 3.10. The third-order valence-electron chi connectivity index (χ3n) is 2.80. The Morgan fingerprint density at radius 2 is 2.29 bits per heavy atom. The summed E-state index contributed by atoms with van der Waals surface area (Å²) in [6.45, 7) is 0.748. The summed E-state index contributed by atoms with van der Waals surface area (Å²) in [5.74, 6) is 0.620. The smallest absolute Gasteiger partial charge is 0.199 e. The zero-order valence-corrected chi connectivity index (χ0v) is 9.94. The summed E-state index contributed by atoms with van der Waals surface area (Å²) >= 11 is 6.11. The van der Waals surface area contributed by atoms with E-state index < -0.39 is 0 Å². The van der Waals surface area contributed by atoms with Gasteiger partial charge in [0.1, 0.15) is 5.75 Å². The fourth-order valence-corrected chi connectivity index (χ4v) is 2.10. The van der Waals surface area contributed by atoms with Gasteiger partial charge in [0.05, 0.1) is 17.8 Å². The zero-order chi connectivity index (χ0) is 11.7. The molecule has 0 saturated carbocycles. The molecule has 1 fully saturated rings. The van der Waals surface area contributed by atoms with E-state index in [0.29, 0.717) is 16.4 Å². The molecule has 3 rings (SSSR count). The summed E-state index contributed by atoms with van der Waals surface area (Å²) in [5, 5.41) is 5.10. The first kappa shape index (κ1) is 10.9. The fraction of sp³-hybridized carbons (Fsp3) is 0.417. The first-order chi connectivity index (χ1) is 8.33. The van der Waals surface area contributed by atoms with Gasteiger partial charge in [0.2, 0.25) is 0 Å². The van der Waals surface area contributed by atoms with Crippen LogP contribution in [0.4, 0.5) is 0 Å². The highest BCUT2D eigenvalue weighted by Gasteiger charge is 2.17. The molecule has 0 spiro atoms. The quantitative estimate of drug-likeness (QED) is 0.823. The number of halogens is 1. The lowest BCUT2D eigenvalue weighted by Crippen LogP contribution is -2.25. The molecule has 2 aromatic rings. The van der Waals surface area contributed by atoms with Gasteiger partial charge in [0, 0.05) is 17.9 Å². The molecule has 0 N–H and O–H groups in total. The first-order valence-corrected chi connectivity index (χ1v) is 6.03. The van der Waals surface area contributed by atoms with Crippen molar-refractivity contribution in [3.63, 3.8) is 0 Å². The molecule has 0 aliphatic carbocycles. The highest BCUT2D eigenvalue weighted by Crippen LogP contribution is 2.31. The second-order valence-electron chi connectivity index (χ2n) is 4.06. The monoisotopic (exact) mass is 253 g/mol. The second-order valence-corrected chi connectivity index (χ2v) is 4.47. The van der Waals surface area contributed by atoms with Crippen LogP contribution in [0.3, 0.4) is 0 Å². The van der Waals surface area contributed by atoms with E-state index >= 15 is 0 Å². The van der Waals surface area contributed by atoms with Crippen LogP contribution in [0.1, 0.15) is 19.3 Å². The van der Waals surface area contributed by atoms with Crippen molar-refractivity contribution in [1.82, 2.24) is 5.16 Å². The molecule has 17 heavy (non-hydrogen) atoms. The first-order valence-electron chi connectivity index (χ1n) is 5.65. The fourth-order valence-electron chi connectivity index (χ4n) is 1.91. The average Bonchev–Trinajstić information content (AvgIpc) is 2.78. The van der Waals surface area contributed by atoms with E-state index in [4.69, 9.17) is 25.6 Å². The van der Waals surface area contributed by atoms with E-state index in [1.54, 1.807) is 12.3 Å². The molecule has 1 aliphatic heterocycles.